The lowest BCUT2D eigenvalue weighted by Gasteiger charge is -2.11. The lowest BCUT2D eigenvalue weighted by Crippen LogP contribution is -2.27. The van der Waals surface area contributed by atoms with Crippen LogP contribution in [0, 0.1) is 6.92 Å². The number of halogens is 2. The average Bonchev–Trinajstić information content (AvgIpc) is 2.33. The zero-order valence-corrected chi connectivity index (χ0v) is 7.08. The SMILES string of the molecule is Cc1ncc(C(F)(F)C(=O)O)n1C. The molecule has 0 saturated carbocycles. The van der Waals surface area contributed by atoms with Crippen LogP contribution >= 0.6 is 0 Å². The highest BCUT2D eigenvalue weighted by Crippen LogP contribution is 2.27. The summed E-state index contributed by atoms with van der Waals surface area (Å²) in [5.41, 5.74) is -0.613. The number of carboxylic acid groups (broad SMARTS) is 1. The zero-order valence-electron chi connectivity index (χ0n) is 7.08. The number of aryl methyl sites for hydroxylation is 1. The quantitative estimate of drug-likeness (QED) is 0.753. The molecule has 0 spiro atoms. The fraction of sp³-hybridized carbons (Fsp3) is 0.429. The van der Waals surface area contributed by atoms with Gasteiger partial charge in [-0.15, -0.1) is 0 Å². The second-order valence-electron chi connectivity index (χ2n) is 2.63. The van der Waals surface area contributed by atoms with Gasteiger partial charge in [0.2, 0.25) is 0 Å². The molecule has 0 saturated heterocycles. The summed E-state index contributed by atoms with van der Waals surface area (Å²) in [6.07, 6.45) is 0.865. The maximum atomic E-state index is 12.9. The number of nitrogens with zero attached hydrogens (tertiary/aromatic N) is 2. The summed E-state index contributed by atoms with van der Waals surface area (Å²) in [4.78, 5) is 13.8. The normalized spacial score (nSPS) is 11.7. The molecule has 1 rings (SSSR count). The van der Waals surface area contributed by atoms with Gasteiger partial charge in [0.25, 0.3) is 0 Å². The van der Waals surface area contributed by atoms with Crippen molar-refractivity contribution < 1.29 is 18.7 Å². The van der Waals surface area contributed by atoms with Gasteiger partial charge in [0, 0.05) is 7.05 Å². The molecule has 4 nitrogen and oxygen atoms in total. The number of imidazole rings is 1. The van der Waals surface area contributed by atoms with Crippen LogP contribution in [0.15, 0.2) is 6.20 Å². The molecule has 0 aliphatic rings. The summed E-state index contributed by atoms with van der Waals surface area (Å²) in [5.74, 6) is -5.71. The van der Waals surface area contributed by atoms with E-state index in [1.54, 1.807) is 0 Å². The first-order chi connectivity index (χ1) is 5.87. The van der Waals surface area contributed by atoms with Crippen molar-refractivity contribution in [1.82, 2.24) is 9.55 Å². The molecule has 1 aromatic heterocycles. The summed E-state index contributed by atoms with van der Waals surface area (Å²) >= 11 is 0. The molecular weight excluding hydrogens is 182 g/mol. The number of aliphatic carboxylic acids is 1. The van der Waals surface area contributed by atoms with Crippen molar-refractivity contribution in [2.24, 2.45) is 7.05 Å². The van der Waals surface area contributed by atoms with E-state index in [1.807, 2.05) is 0 Å². The molecule has 1 aromatic rings. The van der Waals surface area contributed by atoms with Gasteiger partial charge in [-0.2, -0.15) is 8.78 Å². The molecule has 0 aromatic carbocycles. The van der Waals surface area contributed by atoms with E-state index in [2.05, 4.69) is 4.98 Å². The van der Waals surface area contributed by atoms with E-state index in [4.69, 9.17) is 5.11 Å². The molecule has 6 heteroatoms. The first-order valence-corrected chi connectivity index (χ1v) is 3.47. The number of hydrogen-bond donors (Lipinski definition) is 1. The molecule has 13 heavy (non-hydrogen) atoms. The number of carboxylic acids is 1. The van der Waals surface area contributed by atoms with E-state index in [1.165, 1.54) is 14.0 Å². The second kappa shape index (κ2) is 2.79. The molecule has 0 amide bonds. The van der Waals surface area contributed by atoms with Gasteiger partial charge in [0.15, 0.2) is 0 Å². The van der Waals surface area contributed by atoms with Crippen LogP contribution in [0.4, 0.5) is 8.78 Å². The molecule has 0 atom stereocenters. The third-order valence-electron chi connectivity index (χ3n) is 1.81. The van der Waals surface area contributed by atoms with Crippen LogP contribution in [-0.2, 0) is 17.8 Å². The Labute approximate surface area is 72.8 Å². The van der Waals surface area contributed by atoms with Gasteiger partial charge in [-0.1, -0.05) is 0 Å². The standard InChI is InChI=1S/C7H8F2N2O2/c1-4-10-3-5(11(4)2)7(8,9)6(12)13/h3H,1-2H3,(H,12,13). The van der Waals surface area contributed by atoms with Crippen LogP contribution in [0.5, 0.6) is 0 Å². The monoisotopic (exact) mass is 190 g/mol. The lowest BCUT2D eigenvalue weighted by molar-refractivity contribution is -0.167. The zero-order chi connectivity index (χ0) is 10.2. The van der Waals surface area contributed by atoms with E-state index in [0.29, 0.717) is 5.82 Å². The van der Waals surface area contributed by atoms with Crippen LogP contribution in [0.1, 0.15) is 11.5 Å². The topological polar surface area (TPSA) is 55.1 Å². The molecule has 1 heterocycles. The number of rotatable bonds is 2. The molecule has 72 valence electrons. The molecule has 1 N–H and O–H groups in total. The Bertz CT molecular complexity index is 346. The van der Waals surface area contributed by atoms with Crippen molar-refractivity contribution in [2.45, 2.75) is 12.8 Å². The minimum Gasteiger partial charge on any atom is -0.476 e. The lowest BCUT2D eigenvalue weighted by atomic mass is 10.2. The first kappa shape index (κ1) is 9.63. The summed E-state index contributed by atoms with van der Waals surface area (Å²) in [7, 11) is 1.34. The van der Waals surface area contributed by atoms with Gasteiger partial charge in [0.05, 0.1) is 6.20 Å². The van der Waals surface area contributed by atoms with Crippen LogP contribution in [0.25, 0.3) is 0 Å². The fourth-order valence-corrected chi connectivity index (χ4v) is 0.903. The van der Waals surface area contributed by atoms with Gasteiger partial charge in [0.1, 0.15) is 11.5 Å². The van der Waals surface area contributed by atoms with Crippen molar-refractivity contribution in [3.63, 3.8) is 0 Å². The van der Waals surface area contributed by atoms with Crippen LogP contribution in [0.3, 0.4) is 0 Å². The van der Waals surface area contributed by atoms with Crippen LogP contribution in [0.2, 0.25) is 0 Å². The molecule has 0 bridgehead atoms. The minimum atomic E-state index is -3.88. The van der Waals surface area contributed by atoms with E-state index < -0.39 is 17.6 Å². The molecule has 0 radical (unpaired) electrons. The molecule has 0 unspecified atom stereocenters. The van der Waals surface area contributed by atoms with Gasteiger partial charge in [-0.3, -0.25) is 0 Å². The minimum absolute atomic E-state index is 0.343. The van der Waals surface area contributed by atoms with E-state index in [0.717, 1.165) is 10.8 Å². The molecule has 0 aliphatic heterocycles. The third kappa shape index (κ3) is 1.39. The fourth-order valence-electron chi connectivity index (χ4n) is 0.903. The number of aromatic nitrogens is 2. The Morgan fingerprint density at radius 1 is 1.69 bits per heavy atom. The van der Waals surface area contributed by atoms with E-state index in [9.17, 15) is 13.6 Å². The Kier molecular flexibility index (Phi) is 2.07. The average molecular weight is 190 g/mol. The first-order valence-electron chi connectivity index (χ1n) is 3.47. The maximum absolute atomic E-state index is 12.9. The third-order valence-corrected chi connectivity index (χ3v) is 1.81. The smallest absolute Gasteiger partial charge is 0.383 e. The van der Waals surface area contributed by atoms with Crippen molar-refractivity contribution >= 4 is 5.97 Å². The molecule has 0 fully saturated rings. The number of hydrogen-bond acceptors (Lipinski definition) is 2. The predicted octanol–water partition coefficient (Wildman–Crippen LogP) is 0.905. The molecular formula is C7H8F2N2O2. The highest BCUT2D eigenvalue weighted by molar-refractivity contribution is 5.76. The Hall–Kier alpha value is -1.46. The van der Waals surface area contributed by atoms with Gasteiger partial charge in [-0.25, -0.2) is 9.78 Å². The maximum Gasteiger partial charge on any atom is 0.383 e. The largest absolute Gasteiger partial charge is 0.476 e. The molecule has 0 aliphatic carbocycles. The van der Waals surface area contributed by atoms with Crippen molar-refractivity contribution in [3.05, 3.63) is 17.7 Å². The summed E-state index contributed by atoms with van der Waals surface area (Å²) in [6.45, 7) is 1.52. The van der Waals surface area contributed by atoms with E-state index >= 15 is 0 Å². The highest BCUT2D eigenvalue weighted by atomic mass is 19.3. The van der Waals surface area contributed by atoms with Crippen molar-refractivity contribution in [1.29, 1.82) is 0 Å². The van der Waals surface area contributed by atoms with Gasteiger partial charge >= 0.3 is 11.9 Å². The Morgan fingerprint density at radius 2 is 2.23 bits per heavy atom. The van der Waals surface area contributed by atoms with E-state index in [-0.39, 0.29) is 0 Å². The van der Waals surface area contributed by atoms with Crippen LogP contribution < -0.4 is 0 Å². The predicted molar refractivity (Wildman–Crippen MR) is 39.5 cm³/mol. The van der Waals surface area contributed by atoms with Gasteiger partial charge < -0.3 is 9.67 Å². The summed E-state index contributed by atoms with van der Waals surface area (Å²) < 4.78 is 26.8. The van der Waals surface area contributed by atoms with Gasteiger partial charge in [-0.05, 0) is 6.92 Å². The van der Waals surface area contributed by atoms with Crippen molar-refractivity contribution in [3.8, 4) is 0 Å². The number of alkyl halides is 2. The summed E-state index contributed by atoms with van der Waals surface area (Å²) in [6, 6.07) is 0. The highest BCUT2D eigenvalue weighted by Gasteiger charge is 2.43. The Balaban J connectivity index is 3.22. The Morgan fingerprint density at radius 3 is 2.54 bits per heavy atom. The second-order valence-corrected chi connectivity index (χ2v) is 2.63. The van der Waals surface area contributed by atoms with Crippen molar-refractivity contribution in [2.75, 3.05) is 0 Å². The number of carbonyl (C=O) groups is 1. The summed E-state index contributed by atoms with van der Waals surface area (Å²) in [5, 5.41) is 8.24. The van der Waals surface area contributed by atoms with Crippen LogP contribution in [-0.4, -0.2) is 20.6 Å².